The smallest absolute Gasteiger partial charge is 0.337 e. The van der Waals surface area contributed by atoms with E-state index in [9.17, 15) is 14.7 Å². The van der Waals surface area contributed by atoms with Crippen molar-refractivity contribution < 1.29 is 24.5 Å². The van der Waals surface area contributed by atoms with Crippen LogP contribution in [0.3, 0.4) is 0 Å². The maximum absolute atomic E-state index is 11.6. The Morgan fingerprint density at radius 3 is 2.74 bits per heavy atom. The molecule has 1 aromatic rings. The molecule has 0 spiro atoms. The van der Waals surface area contributed by atoms with Gasteiger partial charge in [-0.2, -0.15) is 0 Å². The molecule has 6 heteroatoms. The van der Waals surface area contributed by atoms with E-state index in [2.05, 4.69) is 5.32 Å². The molecule has 0 aliphatic heterocycles. The number of carbonyl (C=O) groups is 2. The summed E-state index contributed by atoms with van der Waals surface area (Å²) >= 11 is 0. The van der Waals surface area contributed by atoms with Gasteiger partial charge in [0.05, 0.1) is 11.3 Å². The number of anilines is 1. The van der Waals surface area contributed by atoms with Crippen molar-refractivity contribution in [3.8, 4) is 5.75 Å². The fraction of sp³-hybridized carbons (Fsp3) is 0.385. The molecule has 0 aromatic heterocycles. The summed E-state index contributed by atoms with van der Waals surface area (Å²) in [4.78, 5) is 22.6. The Labute approximate surface area is 111 Å². The number of nitrogens with one attached hydrogen (secondary N) is 1. The number of aromatic hydroxyl groups is 1. The Bertz CT molecular complexity index is 458. The highest BCUT2D eigenvalue weighted by Crippen LogP contribution is 2.21. The number of carboxylic acid groups (broad SMARTS) is 1. The molecule has 0 saturated carbocycles. The van der Waals surface area contributed by atoms with E-state index in [1.807, 2.05) is 6.92 Å². The molecule has 1 rings (SSSR count). The predicted molar refractivity (Wildman–Crippen MR) is 69.4 cm³/mol. The van der Waals surface area contributed by atoms with Gasteiger partial charge >= 0.3 is 5.97 Å². The first kappa shape index (κ1) is 15.0. The topological polar surface area (TPSA) is 95.9 Å². The molecule has 19 heavy (non-hydrogen) atoms. The minimum Gasteiger partial charge on any atom is -0.508 e. The van der Waals surface area contributed by atoms with Crippen LogP contribution in [0.4, 0.5) is 5.69 Å². The summed E-state index contributed by atoms with van der Waals surface area (Å²) in [7, 11) is 0. The number of benzene rings is 1. The summed E-state index contributed by atoms with van der Waals surface area (Å²) in [6.07, 6.45) is 0.820. The molecule has 1 aromatic carbocycles. The van der Waals surface area contributed by atoms with Gasteiger partial charge in [0, 0.05) is 19.6 Å². The first-order valence-corrected chi connectivity index (χ1v) is 5.98. The SMILES string of the molecule is CCOCCCC(=O)Nc1ccc(O)cc1C(=O)O. The van der Waals surface area contributed by atoms with Crippen LogP contribution in [-0.4, -0.2) is 35.3 Å². The van der Waals surface area contributed by atoms with E-state index in [-0.39, 0.29) is 29.3 Å². The molecule has 1 amide bonds. The van der Waals surface area contributed by atoms with E-state index in [1.165, 1.54) is 12.1 Å². The first-order chi connectivity index (χ1) is 9.04. The van der Waals surface area contributed by atoms with Crippen LogP contribution in [0.5, 0.6) is 5.75 Å². The molecule has 0 aliphatic rings. The monoisotopic (exact) mass is 267 g/mol. The first-order valence-electron chi connectivity index (χ1n) is 5.98. The Morgan fingerprint density at radius 1 is 1.37 bits per heavy atom. The summed E-state index contributed by atoms with van der Waals surface area (Å²) in [5, 5.41) is 20.7. The lowest BCUT2D eigenvalue weighted by molar-refractivity contribution is -0.116. The van der Waals surface area contributed by atoms with Crippen LogP contribution in [-0.2, 0) is 9.53 Å². The van der Waals surface area contributed by atoms with Crippen molar-refractivity contribution in [2.45, 2.75) is 19.8 Å². The molecule has 0 radical (unpaired) electrons. The number of amides is 1. The summed E-state index contributed by atoms with van der Waals surface area (Å²) < 4.78 is 5.10. The fourth-order valence-corrected chi connectivity index (χ4v) is 1.51. The number of rotatable bonds is 7. The maximum atomic E-state index is 11.6. The molecule has 0 bridgehead atoms. The van der Waals surface area contributed by atoms with Gasteiger partial charge in [0.15, 0.2) is 0 Å². The lowest BCUT2D eigenvalue weighted by Crippen LogP contribution is -2.15. The highest BCUT2D eigenvalue weighted by molar-refractivity contribution is 6.00. The van der Waals surface area contributed by atoms with Gasteiger partial charge in [-0.1, -0.05) is 0 Å². The largest absolute Gasteiger partial charge is 0.508 e. The second kappa shape index (κ2) is 7.38. The van der Waals surface area contributed by atoms with Crippen LogP contribution in [0.25, 0.3) is 0 Å². The van der Waals surface area contributed by atoms with Gasteiger partial charge in [0.25, 0.3) is 0 Å². The number of ether oxygens (including phenoxy) is 1. The van der Waals surface area contributed by atoms with Crippen molar-refractivity contribution in [2.75, 3.05) is 18.5 Å². The van der Waals surface area contributed by atoms with Crippen LogP contribution in [0.15, 0.2) is 18.2 Å². The number of carbonyl (C=O) groups excluding carboxylic acids is 1. The van der Waals surface area contributed by atoms with Crippen LogP contribution < -0.4 is 5.32 Å². The average molecular weight is 267 g/mol. The van der Waals surface area contributed by atoms with Crippen molar-refractivity contribution in [3.05, 3.63) is 23.8 Å². The Kier molecular flexibility index (Phi) is 5.81. The minimum atomic E-state index is -1.21. The molecule has 0 aliphatic carbocycles. The van der Waals surface area contributed by atoms with Gasteiger partial charge in [-0.15, -0.1) is 0 Å². The fourth-order valence-electron chi connectivity index (χ4n) is 1.51. The molecule has 0 atom stereocenters. The van der Waals surface area contributed by atoms with Gasteiger partial charge in [-0.25, -0.2) is 4.79 Å². The number of carboxylic acids is 1. The minimum absolute atomic E-state index is 0.141. The Morgan fingerprint density at radius 2 is 2.11 bits per heavy atom. The predicted octanol–water partition coefficient (Wildman–Crippen LogP) is 1.85. The third kappa shape index (κ3) is 4.97. The molecule has 3 N–H and O–H groups in total. The number of phenolic OH excluding ortho intramolecular Hbond substituents is 1. The average Bonchev–Trinajstić information content (AvgIpc) is 2.36. The van der Waals surface area contributed by atoms with E-state index in [0.29, 0.717) is 19.6 Å². The third-order valence-corrected chi connectivity index (χ3v) is 2.40. The highest BCUT2D eigenvalue weighted by atomic mass is 16.5. The van der Waals surface area contributed by atoms with E-state index >= 15 is 0 Å². The molecule has 0 unspecified atom stereocenters. The maximum Gasteiger partial charge on any atom is 0.337 e. The van der Waals surface area contributed by atoms with Gasteiger partial charge in [0.1, 0.15) is 5.75 Å². The van der Waals surface area contributed by atoms with E-state index in [4.69, 9.17) is 9.84 Å². The zero-order chi connectivity index (χ0) is 14.3. The van der Waals surface area contributed by atoms with Gasteiger partial charge in [-0.3, -0.25) is 4.79 Å². The quantitative estimate of drug-likeness (QED) is 0.517. The van der Waals surface area contributed by atoms with E-state index < -0.39 is 5.97 Å². The zero-order valence-electron chi connectivity index (χ0n) is 10.7. The normalized spacial score (nSPS) is 10.2. The standard InChI is InChI=1S/C13H17NO5/c1-2-19-7-3-4-12(16)14-11-6-5-9(15)8-10(11)13(17)18/h5-6,8,15H,2-4,7H2,1H3,(H,14,16)(H,17,18). The number of phenols is 1. The lowest BCUT2D eigenvalue weighted by atomic mass is 10.1. The van der Waals surface area contributed by atoms with Crippen molar-refractivity contribution in [1.82, 2.24) is 0 Å². The molecule has 0 saturated heterocycles. The third-order valence-electron chi connectivity index (χ3n) is 2.40. The summed E-state index contributed by atoms with van der Waals surface area (Å²) in [5.74, 6) is -1.65. The number of hydrogen-bond donors (Lipinski definition) is 3. The van der Waals surface area contributed by atoms with Crippen LogP contribution in [0.1, 0.15) is 30.1 Å². The van der Waals surface area contributed by atoms with E-state index in [0.717, 1.165) is 6.07 Å². The van der Waals surface area contributed by atoms with Gasteiger partial charge < -0.3 is 20.3 Å². The lowest BCUT2D eigenvalue weighted by Gasteiger charge is -2.09. The van der Waals surface area contributed by atoms with Crippen LogP contribution in [0, 0.1) is 0 Å². The van der Waals surface area contributed by atoms with Crippen molar-refractivity contribution in [2.24, 2.45) is 0 Å². The summed E-state index contributed by atoms with van der Waals surface area (Å²) in [6.45, 7) is 2.96. The van der Waals surface area contributed by atoms with Crippen molar-refractivity contribution in [1.29, 1.82) is 0 Å². The molecule has 6 nitrogen and oxygen atoms in total. The van der Waals surface area contributed by atoms with Crippen molar-refractivity contribution >= 4 is 17.6 Å². The summed E-state index contributed by atoms with van der Waals surface area (Å²) in [6, 6.07) is 3.78. The molecular weight excluding hydrogens is 250 g/mol. The van der Waals surface area contributed by atoms with Crippen LogP contribution >= 0.6 is 0 Å². The van der Waals surface area contributed by atoms with Crippen molar-refractivity contribution in [3.63, 3.8) is 0 Å². The van der Waals surface area contributed by atoms with Gasteiger partial charge in [-0.05, 0) is 31.5 Å². The second-order valence-corrected chi connectivity index (χ2v) is 3.88. The molecule has 104 valence electrons. The Hall–Kier alpha value is -2.08. The zero-order valence-corrected chi connectivity index (χ0v) is 10.7. The van der Waals surface area contributed by atoms with Gasteiger partial charge in [0.2, 0.25) is 5.91 Å². The Balaban J connectivity index is 2.61. The second-order valence-electron chi connectivity index (χ2n) is 3.88. The molecule has 0 heterocycles. The van der Waals surface area contributed by atoms with E-state index in [1.54, 1.807) is 0 Å². The molecular formula is C13H17NO5. The highest BCUT2D eigenvalue weighted by Gasteiger charge is 2.13. The number of hydrogen-bond acceptors (Lipinski definition) is 4. The number of aromatic carboxylic acids is 1. The van der Waals surface area contributed by atoms with Crippen LogP contribution in [0.2, 0.25) is 0 Å². The summed E-state index contributed by atoms with van der Waals surface area (Å²) in [5.41, 5.74) is 0.0323. The molecule has 0 fully saturated rings.